The van der Waals surface area contributed by atoms with E-state index in [-0.39, 0.29) is 17.1 Å². The van der Waals surface area contributed by atoms with Crippen LogP contribution >= 0.6 is 11.3 Å². The van der Waals surface area contributed by atoms with Gasteiger partial charge < -0.3 is 9.73 Å². The van der Waals surface area contributed by atoms with E-state index in [0.717, 1.165) is 21.0 Å². The third kappa shape index (κ3) is 3.02. The molecule has 0 spiro atoms. The molecule has 0 saturated carbocycles. The molecule has 0 radical (unpaired) electrons. The molecular weight excluding hydrogens is 382 g/mol. The number of rotatable bonds is 3. The molecule has 1 amide bonds. The van der Waals surface area contributed by atoms with Crippen LogP contribution in [0.3, 0.4) is 0 Å². The minimum absolute atomic E-state index is 0.106. The number of amides is 1. The van der Waals surface area contributed by atoms with Crippen molar-refractivity contribution in [2.45, 2.75) is 0 Å². The number of anilines is 1. The molecule has 0 saturated heterocycles. The molecule has 0 unspecified atom stereocenters. The Labute approximate surface area is 170 Å². The van der Waals surface area contributed by atoms with Crippen molar-refractivity contribution in [2.24, 2.45) is 0 Å². The highest BCUT2D eigenvalue weighted by Gasteiger charge is 2.19. The van der Waals surface area contributed by atoms with Gasteiger partial charge in [-0.2, -0.15) is 0 Å². The van der Waals surface area contributed by atoms with Crippen molar-refractivity contribution in [1.29, 1.82) is 0 Å². The largest absolute Gasteiger partial charge is 0.459 e. The fourth-order valence-corrected chi connectivity index (χ4v) is 4.58. The van der Waals surface area contributed by atoms with Gasteiger partial charge in [-0.3, -0.25) is 9.59 Å². The Morgan fingerprint density at radius 3 is 2.41 bits per heavy atom. The fourth-order valence-electron chi connectivity index (χ4n) is 3.49. The molecule has 0 atom stereocenters. The van der Waals surface area contributed by atoms with Crippen molar-refractivity contribution in [1.82, 2.24) is 0 Å². The Bertz CT molecular complexity index is 1410. The van der Waals surface area contributed by atoms with Gasteiger partial charge in [-0.1, -0.05) is 54.6 Å². The summed E-state index contributed by atoms with van der Waals surface area (Å²) in [5.74, 6) is -0.191. The summed E-state index contributed by atoms with van der Waals surface area (Å²) in [6.45, 7) is 0. The van der Waals surface area contributed by atoms with E-state index in [1.54, 1.807) is 12.1 Å². The van der Waals surface area contributed by atoms with Crippen LogP contribution in [-0.2, 0) is 0 Å². The lowest BCUT2D eigenvalue weighted by molar-refractivity contribution is 0.0997. The highest BCUT2D eigenvalue weighted by Crippen LogP contribution is 2.37. The maximum Gasteiger partial charge on any atom is 0.291 e. The predicted molar refractivity (Wildman–Crippen MR) is 118 cm³/mol. The summed E-state index contributed by atoms with van der Waals surface area (Å²) in [6.07, 6.45) is 1.45. The normalized spacial score (nSPS) is 11.0. The third-order valence-corrected chi connectivity index (χ3v) is 5.92. The van der Waals surface area contributed by atoms with Gasteiger partial charge in [-0.15, -0.1) is 11.3 Å². The minimum atomic E-state index is -0.387. The van der Waals surface area contributed by atoms with Crippen LogP contribution in [0.4, 0.5) is 5.00 Å². The standard InChI is InChI=1S/C24H15NO3S/c26-22-18-10-3-4-13-20(18)29-24(25-23(27)19-12-6-14-28-19)21(22)17-11-5-8-15-7-1-2-9-16(15)17/h1-14H,(H,25,27). The van der Waals surface area contributed by atoms with E-state index in [4.69, 9.17) is 4.42 Å². The monoisotopic (exact) mass is 397 g/mol. The lowest BCUT2D eigenvalue weighted by atomic mass is 9.98. The third-order valence-electron chi connectivity index (χ3n) is 4.83. The van der Waals surface area contributed by atoms with Gasteiger partial charge in [0.1, 0.15) is 5.00 Å². The van der Waals surface area contributed by atoms with E-state index in [1.807, 2.05) is 66.7 Å². The van der Waals surface area contributed by atoms with E-state index in [1.165, 1.54) is 17.6 Å². The second-order valence-electron chi connectivity index (χ2n) is 6.59. The Hall–Kier alpha value is -3.70. The number of hydrogen-bond acceptors (Lipinski definition) is 4. The maximum absolute atomic E-state index is 13.5. The second-order valence-corrected chi connectivity index (χ2v) is 7.64. The number of carbonyl (C=O) groups is 1. The van der Waals surface area contributed by atoms with Crippen LogP contribution in [0.2, 0.25) is 0 Å². The number of hydrogen-bond donors (Lipinski definition) is 1. The fraction of sp³-hybridized carbons (Fsp3) is 0. The molecule has 1 N–H and O–H groups in total. The van der Waals surface area contributed by atoms with E-state index < -0.39 is 0 Å². The zero-order chi connectivity index (χ0) is 19.8. The molecule has 5 rings (SSSR count). The van der Waals surface area contributed by atoms with Gasteiger partial charge in [0.05, 0.1) is 11.8 Å². The van der Waals surface area contributed by atoms with E-state index >= 15 is 0 Å². The predicted octanol–water partition coefficient (Wildman–Crippen LogP) is 5.93. The zero-order valence-electron chi connectivity index (χ0n) is 15.2. The van der Waals surface area contributed by atoms with Crippen LogP contribution < -0.4 is 10.7 Å². The molecule has 5 heteroatoms. The number of furan rings is 1. The topological polar surface area (TPSA) is 59.3 Å². The van der Waals surface area contributed by atoms with E-state index in [9.17, 15) is 9.59 Å². The average molecular weight is 397 g/mol. The van der Waals surface area contributed by atoms with Gasteiger partial charge in [0.2, 0.25) is 0 Å². The summed E-state index contributed by atoms with van der Waals surface area (Å²) in [6, 6.07) is 24.5. The Balaban J connectivity index is 1.80. The first-order valence-electron chi connectivity index (χ1n) is 9.11. The van der Waals surface area contributed by atoms with Crippen molar-refractivity contribution >= 4 is 43.1 Å². The highest BCUT2D eigenvalue weighted by atomic mass is 32.1. The number of fused-ring (bicyclic) bond motifs is 2. The number of benzene rings is 3. The summed E-state index contributed by atoms with van der Waals surface area (Å²) in [5, 5.41) is 6.03. The molecule has 0 aliphatic heterocycles. The van der Waals surface area contributed by atoms with Gasteiger partial charge in [0.25, 0.3) is 5.91 Å². The number of carbonyl (C=O) groups excluding carboxylic acids is 1. The molecule has 0 fully saturated rings. The van der Waals surface area contributed by atoms with Crippen molar-refractivity contribution in [3.8, 4) is 11.1 Å². The molecule has 5 aromatic rings. The van der Waals surface area contributed by atoms with Gasteiger partial charge in [-0.25, -0.2) is 0 Å². The molecule has 2 heterocycles. The van der Waals surface area contributed by atoms with E-state index in [0.29, 0.717) is 16.0 Å². The SMILES string of the molecule is O=C(Nc1sc2ccccc2c(=O)c1-c1cccc2ccccc12)c1ccco1. The van der Waals surface area contributed by atoms with Crippen LogP contribution in [0, 0.1) is 0 Å². The Morgan fingerprint density at radius 1 is 0.828 bits per heavy atom. The maximum atomic E-state index is 13.5. The van der Waals surface area contributed by atoms with Crippen LogP contribution in [0.25, 0.3) is 32.0 Å². The van der Waals surface area contributed by atoms with Gasteiger partial charge in [0, 0.05) is 10.1 Å². The Kier molecular flexibility index (Phi) is 4.22. The molecule has 0 bridgehead atoms. The first kappa shape index (κ1) is 17.4. The summed E-state index contributed by atoms with van der Waals surface area (Å²) >= 11 is 1.38. The summed E-state index contributed by atoms with van der Waals surface area (Å²) < 4.78 is 6.03. The summed E-state index contributed by atoms with van der Waals surface area (Å²) in [4.78, 5) is 26.2. The van der Waals surface area contributed by atoms with Gasteiger partial charge in [-0.05, 0) is 40.6 Å². The van der Waals surface area contributed by atoms with Crippen molar-refractivity contribution in [3.05, 3.63) is 101 Å². The Morgan fingerprint density at radius 2 is 1.59 bits per heavy atom. The number of nitrogens with one attached hydrogen (secondary N) is 1. The lowest BCUT2D eigenvalue weighted by Gasteiger charge is -2.13. The van der Waals surface area contributed by atoms with Crippen molar-refractivity contribution in [3.63, 3.8) is 0 Å². The molecule has 0 aliphatic rings. The summed E-state index contributed by atoms with van der Waals surface area (Å²) in [5.41, 5.74) is 1.18. The molecule has 2 aromatic heterocycles. The summed E-state index contributed by atoms with van der Waals surface area (Å²) in [7, 11) is 0. The minimum Gasteiger partial charge on any atom is -0.459 e. The van der Waals surface area contributed by atoms with Gasteiger partial charge >= 0.3 is 0 Å². The molecule has 4 nitrogen and oxygen atoms in total. The quantitative estimate of drug-likeness (QED) is 0.411. The van der Waals surface area contributed by atoms with Crippen molar-refractivity contribution < 1.29 is 9.21 Å². The van der Waals surface area contributed by atoms with Crippen LogP contribution in [-0.4, -0.2) is 5.91 Å². The first-order chi connectivity index (χ1) is 14.2. The molecular formula is C24H15NO3S. The van der Waals surface area contributed by atoms with E-state index in [2.05, 4.69) is 5.32 Å². The molecule has 0 aliphatic carbocycles. The van der Waals surface area contributed by atoms with Crippen LogP contribution in [0.5, 0.6) is 0 Å². The second kappa shape index (κ2) is 7.04. The molecule has 3 aromatic carbocycles. The first-order valence-corrected chi connectivity index (χ1v) is 9.93. The lowest BCUT2D eigenvalue weighted by Crippen LogP contribution is -2.15. The molecule has 140 valence electrons. The molecule has 29 heavy (non-hydrogen) atoms. The van der Waals surface area contributed by atoms with Crippen LogP contribution in [0.1, 0.15) is 10.6 Å². The van der Waals surface area contributed by atoms with Crippen LogP contribution in [0.15, 0.2) is 94.3 Å². The smallest absolute Gasteiger partial charge is 0.291 e. The van der Waals surface area contributed by atoms with Gasteiger partial charge in [0.15, 0.2) is 11.2 Å². The van der Waals surface area contributed by atoms with Crippen molar-refractivity contribution in [2.75, 3.05) is 5.32 Å². The highest BCUT2D eigenvalue weighted by molar-refractivity contribution is 7.22. The zero-order valence-corrected chi connectivity index (χ0v) is 16.0. The average Bonchev–Trinajstić information content (AvgIpc) is 3.29.